The van der Waals surface area contributed by atoms with Crippen LogP contribution in [-0.4, -0.2) is 40.8 Å². The van der Waals surface area contributed by atoms with Crippen LogP contribution in [0.1, 0.15) is 16.8 Å². The molecule has 1 unspecified atom stereocenters. The summed E-state index contributed by atoms with van der Waals surface area (Å²) in [7, 11) is 0. The van der Waals surface area contributed by atoms with Gasteiger partial charge in [0.05, 0.1) is 17.4 Å². The molecule has 0 radical (unpaired) electrons. The van der Waals surface area contributed by atoms with E-state index in [0.717, 1.165) is 0 Å². The summed E-state index contributed by atoms with van der Waals surface area (Å²) in [6.45, 7) is 0. The second kappa shape index (κ2) is 9.32. The van der Waals surface area contributed by atoms with Crippen LogP contribution in [0.2, 0.25) is 0 Å². The number of nitrogens with zero attached hydrogens (tertiary/aromatic N) is 1. The van der Waals surface area contributed by atoms with Crippen LogP contribution in [0.25, 0.3) is 0 Å². The number of carboxylic acids is 1. The topological polar surface area (TPSA) is 90.2 Å². The van der Waals surface area contributed by atoms with E-state index in [1.165, 1.54) is 23.5 Å². The first-order chi connectivity index (χ1) is 10.1. The zero-order chi connectivity index (χ0) is 15.7. The van der Waals surface area contributed by atoms with Crippen molar-refractivity contribution in [2.75, 3.05) is 17.8 Å². The molecule has 0 heterocycles. The highest BCUT2D eigenvalue weighted by atomic mass is 32.2. The Morgan fingerprint density at radius 3 is 2.76 bits per heavy atom. The van der Waals surface area contributed by atoms with E-state index in [-0.39, 0.29) is 5.75 Å². The van der Waals surface area contributed by atoms with Crippen LogP contribution >= 0.6 is 23.5 Å². The summed E-state index contributed by atoms with van der Waals surface area (Å²) in [6, 6.07) is 7.96. The van der Waals surface area contributed by atoms with Crippen molar-refractivity contribution in [1.29, 1.82) is 5.26 Å². The second-order valence-electron chi connectivity index (χ2n) is 4.09. The third kappa shape index (κ3) is 5.69. The molecule has 2 N–H and O–H groups in total. The summed E-state index contributed by atoms with van der Waals surface area (Å²) in [4.78, 5) is 24.1. The highest BCUT2D eigenvalue weighted by Gasteiger charge is 2.21. The maximum atomic E-state index is 12.2. The van der Waals surface area contributed by atoms with Crippen molar-refractivity contribution < 1.29 is 14.7 Å². The highest BCUT2D eigenvalue weighted by molar-refractivity contribution is 7.99. The van der Waals surface area contributed by atoms with E-state index in [4.69, 9.17) is 10.4 Å². The van der Waals surface area contributed by atoms with Gasteiger partial charge >= 0.3 is 5.97 Å². The lowest BCUT2D eigenvalue weighted by molar-refractivity contribution is -0.139. The molecule has 0 saturated carbocycles. The van der Waals surface area contributed by atoms with Gasteiger partial charge in [0.2, 0.25) is 0 Å². The molecule has 0 aliphatic carbocycles. The molecule has 1 aromatic rings. The molecule has 0 bridgehead atoms. The molecule has 1 rings (SSSR count). The van der Waals surface area contributed by atoms with Gasteiger partial charge in [-0.15, -0.1) is 11.8 Å². The number of carboxylic acid groups (broad SMARTS) is 1. The smallest absolute Gasteiger partial charge is 0.326 e. The van der Waals surface area contributed by atoms with Gasteiger partial charge in [0.1, 0.15) is 6.04 Å². The third-order valence-electron chi connectivity index (χ3n) is 2.64. The van der Waals surface area contributed by atoms with E-state index in [1.54, 1.807) is 24.3 Å². The van der Waals surface area contributed by atoms with E-state index >= 15 is 0 Å². The number of amides is 1. The Balaban J connectivity index is 2.82. The van der Waals surface area contributed by atoms with Crippen LogP contribution in [0.5, 0.6) is 0 Å². The number of benzene rings is 1. The van der Waals surface area contributed by atoms with Crippen LogP contribution in [0, 0.1) is 11.3 Å². The summed E-state index contributed by atoms with van der Waals surface area (Å²) in [5.41, 5.74) is 0.396. The van der Waals surface area contributed by atoms with Crippen molar-refractivity contribution in [2.24, 2.45) is 0 Å². The Bertz CT molecular complexity index is 543. The summed E-state index contributed by atoms with van der Waals surface area (Å²) in [5.74, 6) is -0.578. The van der Waals surface area contributed by atoms with Gasteiger partial charge in [-0.3, -0.25) is 4.79 Å². The SMILES string of the molecule is CSCCC(NC(=O)c1ccccc1SCC#N)C(=O)O. The molecule has 112 valence electrons. The minimum atomic E-state index is -1.04. The molecular weight excluding hydrogens is 308 g/mol. The fourth-order valence-corrected chi connectivity index (χ4v) is 2.80. The minimum Gasteiger partial charge on any atom is -0.480 e. The molecule has 0 fully saturated rings. The second-order valence-corrected chi connectivity index (χ2v) is 6.09. The van der Waals surface area contributed by atoms with Crippen molar-refractivity contribution in [1.82, 2.24) is 5.32 Å². The van der Waals surface area contributed by atoms with Gasteiger partial charge in [-0.2, -0.15) is 17.0 Å². The molecule has 21 heavy (non-hydrogen) atoms. The largest absolute Gasteiger partial charge is 0.480 e. The minimum absolute atomic E-state index is 0.235. The van der Waals surface area contributed by atoms with Gasteiger partial charge in [-0.25, -0.2) is 4.79 Å². The lowest BCUT2D eigenvalue weighted by Gasteiger charge is -2.15. The predicted octanol–water partition coefficient (Wildman–Crippen LogP) is 2.24. The number of carbonyl (C=O) groups is 2. The maximum absolute atomic E-state index is 12.2. The normalized spacial score (nSPS) is 11.4. The first-order valence-electron chi connectivity index (χ1n) is 6.21. The molecule has 0 aliphatic heterocycles. The number of nitrogens with one attached hydrogen (secondary N) is 1. The van der Waals surface area contributed by atoms with Crippen LogP contribution in [0.4, 0.5) is 0 Å². The fraction of sp³-hybridized carbons (Fsp3) is 0.357. The summed E-state index contributed by atoms with van der Waals surface area (Å²) < 4.78 is 0. The Morgan fingerprint density at radius 2 is 2.14 bits per heavy atom. The Kier molecular flexibility index (Phi) is 7.72. The third-order valence-corrected chi connectivity index (χ3v) is 4.22. The number of hydrogen-bond donors (Lipinski definition) is 2. The van der Waals surface area contributed by atoms with Gasteiger partial charge in [0, 0.05) is 4.90 Å². The quantitative estimate of drug-likeness (QED) is 0.713. The van der Waals surface area contributed by atoms with E-state index in [9.17, 15) is 9.59 Å². The number of carbonyl (C=O) groups excluding carboxylic acids is 1. The van der Waals surface area contributed by atoms with Crippen molar-refractivity contribution in [3.63, 3.8) is 0 Å². The van der Waals surface area contributed by atoms with E-state index in [1.807, 2.05) is 12.3 Å². The standard InChI is InChI=1S/C14H16N2O3S2/c1-20-8-6-11(14(18)19)16-13(17)10-4-2-3-5-12(10)21-9-7-15/h2-5,11H,6,8-9H2,1H3,(H,16,17)(H,18,19). The monoisotopic (exact) mass is 324 g/mol. The van der Waals surface area contributed by atoms with E-state index < -0.39 is 17.9 Å². The molecule has 0 aromatic heterocycles. The number of aliphatic carboxylic acids is 1. The van der Waals surface area contributed by atoms with Crippen LogP contribution in [0.3, 0.4) is 0 Å². The number of rotatable bonds is 8. The van der Waals surface area contributed by atoms with Crippen LogP contribution < -0.4 is 5.32 Å². The average molecular weight is 324 g/mol. The molecule has 0 spiro atoms. The first-order valence-corrected chi connectivity index (χ1v) is 8.59. The number of nitriles is 1. The summed E-state index contributed by atoms with van der Waals surface area (Å²) >= 11 is 2.78. The maximum Gasteiger partial charge on any atom is 0.326 e. The molecule has 5 nitrogen and oxygen atoms in total. The van der Waals surface area contributed by atoms with Gasteiger partial charge in [0.15, 0.2) is 0 Å². The molecule has 1 atom stereocenters. The van der Waals surface area contributed by atoms with Gasteiger partial charge in [-0.05, 0) is 30.6 Å². The Hall–Kier alpha value is -1.65. The van der Waals surface area contributed by atoms with Gasteiger partial charge < -0.3 is 10.4 Å². The Labute approximate surface area is 132 Å². The predicted molar refractivity (Wildman–Crippen MR) is 84.7 cm³/mol. The zero-order valence-electron chi connectivity index (χ0n) is 11.5. The van der Waals surface area contributed by atoms with E-state index in [0.29, 0.717) is 22.6 Å². The van der Waals surface area contributed by atoms with Gasteiger partial charge in [-0.1, -0.05) is 12.1 Å². The van der Waals surface area contributed by atoms with Gasteiger partial charge in [0.25, 0.3) is 5.91 Å². The Morgan fingerprint density at radius 1 is 1.43 bits per heavy atom. The molecule has 1 aromatic carbocycles. The first kappa shape index (κ1) is 17.4. The molecule has 7 heteroatoms. The molecule has 1 amide bonds. The zero-order valence-corrected chi connectivity index (χ0v) is 13.2. The molecular formula is C14H16N2O3S2. The van der Waals surface area contributed by atoms with Crippen molar-refractivity contribution in [2.45, 2.75) is 17.4 Å². The summed E-state index contributed by atoms with van der Waals surface area (Å²) in [6.07, 6.45) is 2.25. The van der Waals surface area contributed by atoms with Crippen molar-refractivity contribution >= 4 is 35.4 Å². The molecule has 0 saturated heterocycles. The van der Waals surface area contributed by atoms with Crippen LogP contribution in [-0.2, 0) is 4.79 Å². The molecule has 0 aliphatic rings. The lowest BCUT2D eigenvalue weighted by Crippen LogP contribution is -2.41. The van der Waals surface area contributed by atoms with E-state index in [2.05, 4.69) is 5.32 Å². The van der Waals surface area contributed by atoms with Crippen LogP contribution in [0.15, 0.2) is 29.2 Å². The number of hydrogen-bond acceptors (Lipinski definition) is 5. The highest BCUT2D eigenvalue weighted by Crippen LogP contribution is 2.22. The fourth-order valence-electron chi connectivity index (χ4n) is 1.62. The van der Waals surface area contributed by atoms with Crippen molar-refractivity contribution in [3.8, 4) is 6.07 Å². The summed E-state index contributed by atoms with van der Waals surface area (Å²) in [5, 5.41) is 20.3. The average Bonchev–Trinajstić information content (AvgIpc) is 2.49. The lowest BCUT2D eigenvalue weighted by atomic mass is 10.1. The number of thioether (sulfide) groups is 2. The van der Waals surface area contributed by atoms with Crippen molar-refractivity contribution in [3.05, 3.63) is 29.8 Å².